The highest BCUT2D eigenvalue weighted by Crippen LogP contribution is 2.33. The van der Waals surface area contributed by atoms with Crippen molar-refractivity contribution in [2.24, 2.45) is 0 Å². The summed E-state index contributed by atoms with van der Waals surface area (Å²) in [6, 6.07) is 8.64. The number of ether oxygens (including phenoxy) is 2. The number of benzene rings is 1. The first kappa shape index (κ1) is 17.9. The monoisotopic (exact) mass is 368 g/mol. The Bertz CT molecular complexity index is 796. The van der Waals surface area contributed by atoms with Crippen molar-refractivity contribution in [3.8, 4) is 11.5 Å². The van der Waals surface area contributed by atoms with E-state index >= 15 is 0 Å². The molecule has 0 spiro atoms. The minimum atomic E-state index is 0.381. The minimum absolute atomic E-state index is 0.381. The summed E-state index contributed by atoms with van der Waals surface area (Å²) >= 11 is 0. The molecule has 1 aromatic carbocycles. The van der Waals surface area contributed by atoms with Gasteiger partial charge in [-0.25, -0.2) is 9.97 Å². The Kier molecular flexibility index (Phi) is 5.32. The Balaban J connectivity index is 1.45. The van der Waals surface area contributed by atoms with Gasteiger partial charge in [0.2, 0.25) is 0 Å². The highest BCUT2D eigenvalue weighted by Gasteiger charge is 2.22. The average Bonchev–Trinajstić information content (AvgIpc) is 2.68. The van der Waals surface area contributed by atoms with Crippen LogP contribution in [-0.4, -0.2) is 42.3 Å². The van der Waals surface area contributed by atoms with E-state index in [9.17, 15) is 0 Å². The third-order valence-corrected chi connectivity index (χ3v) is 5.04. The molecule has 1 unspecified atom stereocenters. The molecule has 3 heterocycles. The lowest BCUT2D eigenvalue weighted by Crippen LogP contribution is -2.42. The van der Waals surface area contributed by atoms with Crippen molar-refractivity contribution in [3.05, 3.63) is 35.8 Å². The highest BCUT2D eigenvalue weighted by atomic mass is 16.6. The predicted octanol–water partition coefficient (Wildman–Crippen LogP) is 3.59. The van der Waals surface area contributed by atoms with Crippen LogP contribution < -0.4 is 19.7 Å². The van der Waals surface area contributed by atoms with Gasteiger partial charge in [-0.1, -0.05) is 13.3 Å². The number of hydrogen-bond donors (Lipinski definition) is 1. The summed E-state index contributed by atoms with van der Waals surface area (Å²) < 4.78 is 11.3. The fourth-order valence-electron chi connectivity index (χ4n) is 3.83. The standard InChI is InChI=1S/C21H28N4O2/c1-3-5-16-13-21(23-15(2)22-16)25-9-4-6-18(14-25)24-17-7-8-19-20(12-17)27-11-10-26-19/h7-8,12-13,18,24H,3-6,9-11,14H2,1-2H3. The third kappa shape index (κ3) is 4.26. The maximum Gasteiger partial charge on any atom is 0.163 e. The molecule has 1 atom stereocenters. The van der Waals surface area contributed by atoms with Gasteiger partial charge in [-0.3, -0.25) is 0 Å². The maximum atomic E-state index is 5.70. The van der Waals surface area contributed by atoms with Crippen molar-refractivity contribution in [3.63, 3.8) is 0 Å². The summed E-state index contributed by atoms with van der Waals surface area (Å²) in [6.07, 6.45) is 4.40. The number of nitrogens with one attached hydrogen (secondary N) is 1. The summed E-state index contributed by atoms with van der Waals surface area (Å²) in [5.74, 6) is 3.57. The van der Waals surface area contributed by atoms with Gasteiger partial charge in [-0.2, -0.15) is 0 Å². The van der Waals surface area contributed by atoms with Crippen molar-refractivity contribution in [2.75, 3.05) is 36.5 Å². The topological polar surface area (TPSA) is 59.5 Å². The molecular weight excluding hydrogens is 340 g/mol. The average molecular weight is 368 g/mol. The van der Waals surface area contributed by atoms with Crippen LogP contribution in [0.5, 0.6) is 11.5 Å². The smallest absolute Gasteiger partial charge is 0.163 e. The first-order valence-corrected chi connectivity index (χ1v) is 9.97. The van der Waals surface area contributed by atoms with Crippen LogP contribution in [0.25, 0.3) is 0 Å². The molecule has 0 bridgehead atoms. The molecule has 1 aromatic heterocycles. The zero-order valence-corrected chi connectivity index (χ0v) is 16.2. The van der Waals surface area contributed by atoms with Crippen molar-refractivity contribution in [1.29, 1.82) is 0 Å². The summed E-state index contributed by atoms with van der Waals surface area (Å²) in [5, 5.41) is 3.66. The summed E-state index contributed by atoms with van der Waals surface area (Å²) in [5.41, 5.74) is 2.22. The van der Waals surface area contributed by atoms with Crippen molar-refractivity contribution >= 4 is 11.5 Å². The Morgan fingerprint density at radius 1 is 1.15 bits per heavy atom. The van der Waals surface area contributed by atoms with Crippen LogP contribution in [0, 0.1) is 6.92 Å². The second-order valence-corrected chi connectivity index (χ2v) is 7.30. The van der Waals surface area contributed by atoms with Crippen LogP contribution in [0.1, 0.15) is 37.7 Å². The molecule has 0 aliphatic carbocycles. The van der Waals surface area contributed by atoms with Crippen LogP contribution in [0.4, 0.5) is 11.5 Å². The van der Waals surface area contributed by atoms with Crippen LogP contribution in [-0.2, 0) is 6.42 Å². The maximum absolute atomic E-state index is 5.70. The van der Waals surface area contributed by atoms with E-state index in [0.29, 0.717) is 19.3 Å². The molecule has 6 nitrogen and oxygen atoms in total. The number of hydrogen-bond acceptors (Lipinski definition) is 6. The van der Waals surface area contributed by atoms with E-state index in [0.717, 1.165) is 73.3 Å². The van der Waals surface area contributed by atoms with Gasteiger partial charge in [-0.05, 0) is 38.3 Å². The molecule has 2 aliphatic rings. The minimum Gasteiger partial charge on any atom is -0.486 e. The predicted molar refractivity (Wildman–Crippen MR) is 107 cm³/mol. The quantitative estimate of drug-likeness (QED) is 0.870. The number of nitrogens with zero attached hydrogens (tertiary/aromatic N) is 3. The Morgan fingerprint density at radius 3 is 2.85 bits per heavy atom. The van der Waals surface area contributed by atoms with Gasteiger partial charge in [0, 0.05) is 42.6 Å². The van der Waals surface area contributed by atoms with E-state index in [-0.39, 0.29) is 0 Å². The van der Waals surface area contributed by atoms with Gasteiger partial charge in [-0.15, -0.1) is 0 Å². The van der Waals surface area contributed by atoms with Gasteiger partial charge >= 0.3 is 0 Å². The molecule has 0 radical (unpaired) electrons. The molecule has 0 amide bonds. The van der Waals surface area contributed by atoms with E-state index in [1.165, 1.54) is 0 Å². The molecule has 27 heavy (non-hydrogen) atoms. The molecular formula is C21H28N4O2. The molecule has 144 valence electrons. The fraction of sp³-hybridized carbons (Fsp3) is 0.524. The van der Waals surface area contributed by atoms with Gasteiger partial charge in [0.25, 0.3) is 0 Å². The van der Waals surface area contributed by atoms with Gasteiger partial charge in [0.05, 0.1) is 0 Å². The number of anilines is 2. The second-order valence-electron chi connectivity index (χ2n) is 7.30. The third-order valence-electron chi connectivity index (χ3n) is 5.04. The van der Waals surface area contributed by atoms with E-state index in [1.807, 2.05) is 19.1 Å². The molecule has 1 N–H and O–H groups in total. The lowest BCUT2D eigenvalue weighted by molar-refractivity contribution is 0.171. The van der Waals surface area contributed by atoms with Crippen molar-refractivity contribution < 1.29 is 9.47 Å². The zero-order chi connectivity index (χ0) is 18.6. The van der Waals surface area contributed by atoms with E-state index in [4.69, 9.17) is 9.47 Å². The van der Waals surface area contributed by atoms with E-state index < -0.39 is 0 Å². The van der Waals surface area contributed by atoms with Crippen LogP contribution in [0.15, 0.2) is 24.3 Å². The largest absolute Gasteiger partial charge is 0.486 e. The molecule has 2 aliphatic heterocycles. The van der Waals surface area contributed by atoms with Crippen molar-refractivity contribution in [2.45, 2.75) is 45.6 Å². The molecule has 6 heteroatoms. The van der Waals surface area contributed by atoms with Crippen molar-refractivity contribution in [1.82, 2.24) is 9.97 Å². The fourth-order valence-corrected chi connectivity index (χ4v) is 3.83. The number of rotatable bonds is 5. The number of piperidine rings is 1. The van der Waals surface area contributed by atoms with Gasteiger partial charge in [0.1, 0.15) is 24.9 Å². The second kappa shape index (κ2) is 8.03. The normalized spacial score (nSPS) is 19.0. The number of aryl methyl sites for hydroxylation is 2. The lowest BCUT2D eigenvalue weighted by Gasteiger charge is -2.35. The number of aromatic nitrogens is 2. The van der Waals surface area contributed by atoms with Gasteiger partial charge < -0.3 is 19.7 Å². The number of fused-ring (bicyclic) bond motifs is 1. The van der Waals surface area contributed by atoms with E-state index in [2.05, 4.69) is 39.2 Å². The van der Waals surface area contributed by atoms with E-state index in [1.54, 1.807) is 0 Å². The first-order valence-electron chi connectivity index (χ1n) is 9.97. The molecule has 1 fully saturated rings. The van der Waals surface area contributed by atoms with Crippen LogP contribution in [0.2, 0.25) is 0 Å². The summed E-state index contributed by atoms with van der Waals surface area (Å²) in [4.78, 5) is 11.6. The first-order chi connectivity index (χ1) is 13.2. The Hall–Kier alpha value is -2.50. The summed E-state index contributed by atoms with van der Waals surface area (Å²) in [7, 11) is 0. The molecule has 4 rings (SSSR count). The zero-order valence-electron chi connectivity index (χ0n) is 16.2. The molecule has 0 saturated carbocycles. The SMILES string of the molecule is CCCc1cc(N2CCCC(Nc3ccc4c(c3)OCCO4)C2)nc(C)n1. The van der Waals surface area contributed by atoms with Crippen LogP contribution in [0.3, 0.4) is 0 Å². The lowest BCUT2D eigenvalue weighted by atomic mass is 10.0. The summed E-state index contributed by atoms with van der Waals surface area (Å²) in [6.45, 7) is 7.39. The highest BCUT2D eigenvalue weighted by molar-refractivity contribution is 5.56. The van der Waals surface area contributed by atoms with Gasteiger partial charge in [0.15, 0.2) is 11.5 Å². The Labute approximate surface area is 160 Å². The Morgan fingerprint density at radius 2 is 2.00 bits per heavy atom. The molecule has 2 aromatic rings. The van der Waals surface area contributed by atoms with Crippen LogP contribution >= 0.6 is 0 Å². The molecule has 1 saturated heterocycles.